The Bertz CT molecular complexity index is 359. The molecule has 0 spiro atoms. The maximum absolute atomic E-state index is 11.7. The number of carbonyl (C=O) groups is 1. The van der Waals surface area contributed by atoms with E-state index < -0.39 is 0 Å². The first-order valence-electron chi connectivity index (χ1n) is 4.91. The molecule has 1 aromatic rings. The van der Waals surface area contributed by atoms with Crippen LogP contribution in [0.5, 0.6) is 0 Å². The summed E-state index contributed by atoms with van der Waals surface area (Å²) < 4.78 is 5.34. The average Bonchev–Trinajstić information content (AvgIpc) is 2.88. The Morgan fingerprint density at radius 2 is 2.60 bits per heavy atom. The van der Waals surface area contributed by atoms with Crippen LogP contribution in [0, 0.1) is 0 Å². The molecule has 4 heteroatoms. The number of rotatable bonds is 2. The highest BCUT2D eigenvalue weighted by atomic mass is 32.2. The molecule has 1 aliphatic heterocycles. The predicted octanol–water partition coefficient (Wildman–Crippen LogP) is 2.43. The third-order valence-corrected chi connectivity index (χ3v) is 3.49. The molecule has 1 amide bonds. The molecule has 1 saturated heterocycles. The second kappa shape index (κ2) is 4.57. The number of hydrogen-bond acceptors (Lipinski definition) is 3. The number of thioether (sulfide) groups is 1. The number of carbonyl (C=O) groups excluding carboxylic acids is 1. The zero-order valence-electron chi connectivity index (χ0n) is 8.55. The van der Waals surface area contributed by atoms with Gasteiger partial charge in [0.2, 0.25) is 5.91 Å². The van der Waals surface area contributed by atoms with Gasteiger partial charge in [-0.3, -0.25) is 4.79 Å². The van der Waals surface area contributed by atoms with E-state index >= 15 is 0 Å². The first-order chi connectivity index (χ1) is 7.33. The number of amides is 1. The number of furan rings is 1. The van der Waals surface area contributed by atoms with Crippen molar-refractivity contribution in [3.63, 3.8) is 0 Å². The van der Waals surface area contributed by atoms with Gasteiger partial charge in [0.1, 0.15) is 11.1 Å². The molecule has 1 atom stereocenters. The van der Waals surface area contributed by atoms with Crippen molar-refractivity contribution in [2.24, 2.45) is 0 Å². The largest absolute Gasteiger partial charge is 0.466 e. The fourth-order valence-electron chi connectivity index (χ4n) is 1.60. The molecule has 80 valence electrons. The van der Waals surface area contributed by atoms with Crippen molar-refractivity contribution in [2.45, 2.75) is 12.3 Å². The summed E-state index contributed by atoms with van der Waals surface area (Å²) in [5.41, 5.74) is 0. The molecule has 1 fully saturated rings. The van der Waals surface area contributed by atoms with Crippen LogP contribution in [0.15, 0.2) is 35.0 Å². The highest BCUT2D eigenvalue weighted by molar-refractivity contribution is 7.99. The molecule has 2 rings (SSSR count). The van der Waals surface area contributed by atoms with Gasteiger partial charge in [-0.1, -0.05) is 6.08 Å². The van der Waals surface area contributed by atoms with Crippen molar-refractivity contribution < 1.29 is 9.21 Å². The van der Waals surface area contributed by atoms with E-state index in [1.54, 1.807) is 30.2 Å². The highest BCUT2D eigenvalue weighted by Gasteiger charge is 2.31. The van der Waals surface area contributed by atoms with Crippen LogP contribution in [0.2, 0.25) is 0 Å². The van der Waals surface area contributed by atoms with Crippen LogP contribution in [0.25, 0.3) is 0 Å². The molecule has 0 radical (unpaired) electrons. The van der Waals surface area contributed by atoms with E-state index in [1.165, 1.54) is 0 Å². The summed E-state index contributed by atoms with van der Waals surface area (Å²) in [5.74, 6) is 1.88. The zero-order valence-corrected chi connectivity index (χ0v) is 9.37. The molecule has 1 aromatic heterocycles. The molecular weight excluding hydrogens is 210 g/mol. The quantitative estimate of drug-likeness (QED) is 0.722. The van der Waals surface area contributed by atoms with Gasteiger partial charge < -0.3 is 9.32 Å². The van der Waals surface area contributed by atoms with Crippen molar-refractivity contribution in [3.05, 3.63) is 36.3 Å². The average molecular weight is 223 g/mol. The summed E-state index contributed by atoms with van der Waals surface area (Å²) in [6, 6.07) is 3.77. The van der Waals surface area contributed by atoms with E-state index in [0.29, 0.717) is 0 Å². The molecular formula is C11H13NO2S. The minimum Gasteiger partial charge on any atom is -0.466 e. The van der Waals surface area contributed by atoms with E-state index in [4.69, 9.17) is 4.42 Å². The van der Waals surface area contributed by atoms with Crippen LogP contribution in [-0.2, 0) is 4.79 Å². The fraction of sp³-hybridized carbons (Fsp3) is 0.364. The molecule has 1 aliphatic rings. The highest BCUT2D eigenvalue weighted by Crippen LogP contribution is 2.37. The molecule has 15 heavy (non-hydrogen) atoms. The van der Waals surface area contributed by atoms with E-state index in [2.05, 4.69) is 0 Å². The third kappa shape index (κ3) is 2.09. The SMILES string of the molecule is C/C=C/C(=O)N1CCSC1c1ccco1. The summed E-state index contributed by atoms with van der Waals surface area (Å²) in [7, 11) is 0. The van der Waals surface area contributed by atoms with Gasteiger partial charge in [-0.2, -0.15) is 0 Å². The van der Waals surface area contributed by atoms with E-state index in [9.17, 15) is 4.79 Å². The third-order valence-electron chi connectivity index (χ3n) is 2.27. The molecule has 0 bridgehead atoms. The minimum atomic E-state index is 0.0451. The van der Waals surface area contributed by atoms with Gasteiger partial charge >= 0.3 is 0 Å². The standard InChI is InChI=1S/C11H13NO2S/c1-2-4-10(13)12-6-8-15-11(12)9-5-3-7-14-9/h2-5,7,11H,6,8H2,1H3/b4-2+. The van der Waals surface area contributed by atoms with Gasteiger partial charge in [0, 0.05) is 12.3 Å². The van der Waals surface area contributed by atoms with Gasteiger partial charge in [0.15, 0.2) is 0 Å². The van der Waals surface area contributed by atoms with Crippen molar-refractivity contribution in [2.75, 3.05) is 12.3 Å². The first kappa shape index (κ1) is 10.4. The minimum absolute atomic E-state index is 0.0451. The smallest absolute Gasteiger partial charge is 0.247 e. The number of allylic oxidation sites excluding steroid dienone is 1. The maximum atomic E-state index is 11.7. The van der Waals surface area contributed by atoms with E-state index in [1.807, 2.05) is 24.0 Å². The van der Waals surface area contributed by atoms with Crippen LogP contribution < -0.4 is 0 Å². The van der Waals surface area contributed by atoms with E-state index in [-0.39, 0.29) is 11.3 Å². The molecule has 1 unspecified atom stereocenters. The van der Waals surface area contributed by atoms with Gasteiger partial charge in [-0.05, 0) is 25.1 Å². The van der Waals surface area contributed by atoms with Crippen LogP contribution in [-0.4, -0.2) is 23.1 Å². The molecule has 0 aromatic carbocycles. The van der Waals surface area contributed by atoms with Gasteiger partial charge in [0.25, 0.3) is 0 Å². The lowest BCUT2D eigenvalue weighted by molar-refractivity contribution is -0.126. The van der Waals surface area contributed by atoms with E-state index in [0.717, 1.165) is 18.1 Å². The molecule has 0 N–H and O–H groups in total. The van der Waals surface area contributed by atoms with Crippen LogP contribution in [0.4, 0.5) is 0 Å². The number of nitrogens with zero attached hydrogens (tertiary/aromatic N) is 1. The van der Waals surface area contributed by atoms with Crippen LogP contribution in [0.3, 0.4) is 0 Å². The van der Waals surface area contributed by atoms with Crippen molar-refractivity contribution in [3.8, 4) is 0 Å². The van der Waals surface area contributed by atoms with Crippen LogP contribution >= 0.6 is 11.8 Å². The molecule has 0 saturated carbocycles. The Labute approximate surface area is 93.1 Å². The fourth-order valence-corrected chi connectivity index (χ4v) is 2.81. The summed E-state index contributed by atoms with van der Waals surface area (Å²) in [5, 5.41) is 0.0451. The molecule has 2 heterocycles. The second-order valence-electron chi connectivity index (χ2n) is 3.27. The Hall–Kier alpha value is -1.16. The monoisotopic (exact) mass is 223 g/mol. The summed E-state index contributed by atoms with van der Waals surface area (Å²) in [4.78, 5) is 13.6. The van der Waals surface area contributed by atoms with Gasteiger partial charge in [-0.15, -0.1) is 11.8 Å². The Morgan fingerprint density at radius 3 is 3.27 bits per heavy atom. The normalized spacial score (nSPS) is 21.4. The maximum Gasteiger partial charge on any atom is 0.247 e. The van der Waals surface area contributed by atoms with Gasteiger partial charge in [0.05, 0.1) is 6.26 Å². The zero-order chi connectivity index (χ0) is 10.7. The van der Waals surface area contributed by atoms with Crippen molar-refractivity contribution in [1.82, 2.24) is 4.90 Å². The number of hydrogen-bond donors (Lipinski definition) is 0. The first-order valence-corrected chi connectivity index (χ1v) is 5.96. The lowest BCUT2D eigenvalue weighted by Crippen LogP contribution is -2.28. The predicted molar refractivity (Wildman–Crippen MR) is 60.4 cm³/mol. The summed E-state index contributed by atoms with van der Waals surface area (Å²) >= 11 is 1.74. The van der Waals surface area contributed by atoms with Crippen molar-refractivity contribution >= 4 is 17.7 Å². The van der Waals surface area contributed by atoms with Gasteiger partial charge in [-0.25, -0.2) is 0 Å². The Kier molecular flexibility index (Phi) is 3.16. The lowest BCUT2D eigenvalue weighted by atomic mass is 10.3. The Balaban J connectivity index is 2.15. The second-order valence-corrected chi connectivity index (χ2v) is 4.46. The lowest BCUT2D eigenvalue weighted by Gasteiger charge is -2.20. The summed E-state index contributed by atoms with van der Waals surface area (Å²) in [6.07, 6.45) is 5.01. The Morgan fingerprint density at radius 1 is 1.73 bits per heavy atom. The van der Waals surface area contributed by atoms with Crippen molar-refractivity contribution in [1.29, 1.82) is 0 Å². The summed E-state index contributed by atoms with van der Waals surface area (Å²) in [6.45, 7) is 2.64. The molecule has 3 nitrogen and oxygen atoms in total. The topological polar surface area (TPSA) is 33.5 Å². The van der Waals surface area contributed by atoms with Crippen LogP contribution in [0.1, 0.15) is 18.1 Å². The molecule has 0 aliphatic carbocycles.